The van der Waals surface area contributed by atoms with E-state index in [-0.39, 0.29) is 5.91 Å². The molecular weight excluding hydrogens is 324 g/mol. The van der Waals surface area contributed by atoms with Crippen molar-refractivity contribution in [3.63, 3.8) is 0 Å². The van der Waals surface area contributed by atoms with Gasteiger partial charge >= 0.3 is 0 Å². The number of piperidine rings is 1. The van der Waals surface area contributed by atoms with Crippen LogP contribution in [-0.2, 0) is 0 Å². The van der Waals surface area contributed by atoms with Crippen molar-refractivity contribution in [2.45, 2.75) is 44.6 Å². The number of carbonyl (C=O) groups is 1. The minimum absolute atomic E-state index is 0.144. The van der Waals surface area contributed by atoms with Crippen molar-refractivity contribution in [3.05, 3.63) is 53.7 Å². The molecule has 2 aromatic heterocycles. The highest BCUT2D eigenvalue weighted by Crippen LogP contribution is 2.41. The summed E-state index contributed by atoms with van der Waals surface area (Å²) in [7, 11) is 0. The number of amides is 1. The first-order chi connectivity index (χ1) is 12.7. The van der Waals surface area contributed by atoms with Crippen LogP contribution in [0.1, 0.15) is 59.5 Å². The lowest BCUT2D eigenvalue weighted by atomic mass is 10.0. The predicted octanol–water partition coefficient (Wildman–Crippen LogP) is 4.03. The van der Waals surface area contributed by atoms with E-state index < -0.39 is 0 Å². The zero-order chi connectivity index (χ0) is 17.7. The lowest BCUT2D eigenvalue weighted by Gasteiger charge is -2.35. The quantitative estimate of drug-likeness (QED) is 0.777. The van der Waals surface area contributed by atoms with Crippen molar-refractivity contribution in [2.75, 3.05) is 13.1 Å². The number of nitrogens with zero attached hydrogens (tertiary/aromatic N) is 3. The average molecular weight is 348 g/mol. The van der Waals surface area contributed by atoms with Crippen molar-refractivity contribution < 1.29 is 4.79 Å². The summed E-state index contributed by atoms with van der Waals surface area (Å²) < 4.78 is 2.41. The zero-order valence-corrected chi connectivity index (χ0v) is 15.1. The smallest absolute Gasteiger partial charge is 0.254 e. The predicted molar refractivity (Wildman–Crippen MR) is 101 cm³/mol. The molecule has 2 fully saturated rings. The van der Waals surface area contributed by atoms with Crippen LogP contribution >= 0.6 is 0 Å². The van der Waals surface area contributed by atoms with Crippen LogP contribution in [0, 0.1) is 6.92 Å². The second-order valence-corrected chi connectivity index (χ2v) is 7.69. The van der Waals surface area contributed by atoms with Crippen LogP contribution in [0.3, 0.4) is 0 Å². The molecule has 1 saturated heterocycles. The van der Waals surface area contributed by atoms with Gasteiger partial charge in [0.1, 0.15) is 5.82 Å². The molecule has 0 radical (unpaired) electrons. The summed E-state index contributed by atoms with van der Waals surface area (Å²) in [6.07, 6.45) is 8.56. The number of hydrogen-bond acceptors (Lipinski definition) is 2. The number of rotatable bonds is 3. The Labute approximate surface area is 153 Å². The summed E-state index contributed by atoms with van der Waals surface area (Å²) in [6.45, 7) is 3.75. The Morgan fingerprint density at radius 1 is 1.23 bits per heavy atom. The maximum Gasteiger partial charge on any atom is 0.254 e. The van der Waals surface area contributed by atoms with Gasteiger partial charge in [-0.3, -0.25) is 4.79 Å². The van der Waals surface area contributed by atoms with E-state index in [1.54, 1.807) is 0 Å². The van der Waals surface area contributed by atoms with Gasteiger partial charge in [0.15, 0.2) is 0 Å². The van der Waals surface area contributed by atoms with E-state index in [9.17, 15) is 4.79 Å². The number of hydrogen-bond donors (Lipinski definition) is 1. The van der Waals surface area contributed by atoms with Gasteiger partial charge in [-0.15, -0.1) is 0 Å². The highest BCUT2D eigenvalue weighted by molar-refractivity contribution is 6.06. The monoisotopic (exact) mass is 348 g/mol. The summed E-state index contributed by atoms with van der Waals surface area (Å²) in [5.41, 5.74) is 3.04. The fraction of sp³-hybridized carbons (Fsp3) is 0.429. The van der Waals surface area contributed by atoms with Gasteiger partial charge in [0.2, 0.25) is 0 Å². The summed E-state index contributed by atoms with van der Waals surface area (Å²) in [4.78, 5) is 23.1. The standard InChI is InChI=1S/C21H24N4O/c1-14-12-23-20(15-7-8-15)25(14)16-4-3-11-24(13-16)21(26)18-5-2-6-19-17(18)9-10-22-19/h2,5-6,9-10,12,15-16,22H,3-4,7-8,11,13H2,1H3/t16-/m0/s1. The number of H-pyrrole nitrogens is 1. The van der Waals surface area contributed by atoms with E-state index >= 15 is 0 Å². The second kappa shape index (κ2) is 6.01. The third-order valence-corrected chi connectivity index (χ3v) is 5.83. The molecule has 5 rings (SSSR count). The van der Waals surface area contributed by atoms with Crippen molar-refractivity contribution in [1.29, 1.82) is 0 Å². The van der Waals surface area contributed by atoms with Gasteiger partial charge in [0.05, 0.1) is 6.04 Å². The van der Waals surface area contributed by atoms with Crippen LogP contribution in [0.2, 0.25) is 0 Å². The van der Waals surface area contributed by atoms with E-state index in [0.717, 1.165) is 42.4 Å². The Kier molecular flexibility index (Phi) is 3.62. The van der Waals surface area contributed by atoms with Crippen molar-refractivity contribution in [1.82, 2.24) is 19.4 Å². The van der Waals surface area contributed by atoms with Crippen molar-refractivity contribution >= 4 is 16.8 Å². The SMILES string of the molecule is Cc1cnc(C2CC2)n1[C@H]1CCCN(C(=O)c2cccc3[nH]ccc23)C1. The summed E-state index contributed by atoms with van der Waals surface area (Å²) >= 11 is 0. The Balaban J connectivity index is 1.43. The van der Waals surface area contributed by atoms with E-state index in [1.807, 2.05) is 41.6 Å². The van der Waals surface area contributed by atoms with Gasteiger partial charge in [0.25, 0.3) is 5.91 Å². The highest BCUT2D eigenvalue weighted by Gasteiger charge is 2.33. The topological polar surface area (TPSA) is 53.9 Å². The van der Waals surface area contributed by atoms with Gasteiger partial charge in [-0.25, -0.2) is 4.98 Å². The van der Waals surface area contributed by atoms with Gasteiger partial charge in [-0.2, -0.15) is 0 Å². The number of aryl methyl sites for hydroxylation is 1. The van der Waals surface area contributed by atoms with Crippen molar-refractivity contribution in [3.8, 4) is 0 Å². The molecule has 26 heavy (non-hydrogen) atoms. The zero-order valence-electron chi connectivity index (χ0n) is 15.1. The molecule has 1 amide bonds. The number of carbonyl (C=O) groups excluding carboxylic acids is 1. The van der Waals surface area contributed by atoms with E-state index in [1.165, 1.54) is 24.4 Å². The van der Waals surface area contributed by atoms with Gasteiger partial charge in [0, 0.05) is 53.6 Å². The Hall–Kier alpha value is -2.56. The Morgan fingerprint density at radius 2 is 2.12 bits per heavy atom. The molecule has 1 saturated carbocycles. The molecule has 5 heteroatoms. The molecule has 0 spiro atoms. The van der Waals surface area contributed by atoms with Crippen LogP contribution in [0.4, 0.5) is 0 Å². The van der Waals surface area contributed by atoms with E-state index in [2.05, 4.69) is 21.5 Å². The van der Waals surface area contributed by atoms with Gasteiger partial charge in [-0.1, -0.05) is 6.07 Å². The van der Waals surface area contributed by atoms with Crippen LogP contribution in [-0.4, -0.2) is 38.4 Å². The summed E-state index contributed by atoms with van der Waals surface area (Å²) in [6, 6.07) is 8.26. The number of aromatic nitrogens is 3. The molecule has 1 aliphatic heterocycles. The van der Waals surface area contributed by atoms with Crippen molar-refractivity contribution in [2.24, 2.45) is 0 Å². The fourth-order valence-electron chi connectivity index (χ4n) is 4.38. The Morgan fingerprint density at radius 3 is 2.96 bits per heavy atom. The number of fused-ring (bicyclic) bond motifs is 1. The highest BCUT2D eigenvalue weighted by atomic mass is 16.2. The molecule has 1 aliphatic carbocycles. The number of likely N-dealkylation sites (tertiary alicyclic amines) is 1. The molecule has 2 aliphatic rings. The van der Waals surface area contributed by atoms with Gasteiger partial charge < -0.3 is 14.5 Å². The van der Waals surface area contributed by atoms with E-state index in [4.69, 9.17) is 0 Å². The maximum atomic E-state index is 13.2. The molecule has 3 heterocycles. The van der Waals surface area contributed by atoms with Crippen LogP contribution < -0.4 is 0 Å². The fourth-order valence-corrected chi connectivity index (χ4v) is 4.38. The third kappa shape index (κ3) is 2.54. The molecule has 5 nitrogen and oxygen atoms in total. The first-order valence-corrected chi connectivity index (χ1v) is 9.61. The van der Waals surface area contributed by atoms with Crippen LogP contribution in [0.25, 0.3) is 10.9 Å². The average Bonchev–Trinajstić information content (AvgIpc) is 3.26. The number of imidazole rings is 1. The number of benzene rings is 1. The largest absolute Gasteiger partial charge is 0.361 e. The lowest BCUT2D eigenvalue weighted by Crippen LogP contribution is -2.41. The second-order valence-electron chi connectivity index (χ2n) is 7.69. The molecule has 3 aromatic rings. The molecule has 0 unspecified atom stereocenters. The molecule has 0 bridgehead atoms. The van der Waals surface area contributed by atoms with Crippen LogP contribution in [0.15, 0.2) is 36.7 Å². The number of nitrogens with one attached hydrogen (secondary N) is 1. The summed E-state index contributed by atoms with van der Waals surface area (Å²) in [5, 5.41) is 1.01. The third-order valence-electron chi connectivity index (χ3n) is 5.83. The summed E-state index contributed by atoms with van der Waals surface area (Å²) in [5.74, 6) is 2.00. The number of aromatic amines is 1. The lowest BCUT2D eigenvalue weighted by molar-refractivity contribution is 0.0679. The van der Waals surface area contributed by atoms with Gasteiger partial charge in [-0.05, 0) is 50.8 Å². The molecule has 1 aromatic carbocycles. The molecule has 134 valence electrons. The first-order valence-electron chi connectivity index (χ1n) is 9.61. The molecule has 1 atom stereocenters. The minimum atomic E-state index is 0.144. The Bertz CT molecular complexity index is 965. The first kappa shape index (κ1) is 15.7. The molecular formula is C21H24N4O. The minimum Gasteiger partial charge on any atom is -0.361 e. The maximum absolute atomic E-state index is 13.2. The normalized spacial score (nSPS) is 20.7. The molecule has 1 N–H and O–H groups in total. The van der Waals surface area contributed by atoms with Crippen LogP contribution in [0.5, 0.6) is 0 Å². The van der Waals surface area contributed by atoms with E-state index in [0.29, 0.717) is 12.0 Å².